The van der Waals surface area contributed by atoms with Crippen molar-refractivity contribution in [1.29, 1.82) is 0 Å². The Morgan fingerprint density at radius 1 is 0.291 bits per heavy atom. The summed E-state index contributed by atoms with van der Waals surface area (Å²) in [5.41, 5.74) is 4.24. The molecule has 0 aliphatic carbocycles. The maximum absolute atomic E-state index is 13.5. The van der Waals surface area contributed by atoms with Crippen LogP contribution >= 0.6 is 69.9 Å². The lowest BCUT2D eigenvalue weighted by molar-refractivity contribution is -0.385. The van der Waals surface area contributed by atoms with Crippen LogP contribution in [0.2, 0.25) is 20.1 Å². The van der Waals surface area contributed by atoms with E-state index in [0.717, 1.165) is 74.3 Å². The Bertz CT molecular complexity index is 6600. The third-order valence-electron chi connectivity index (χ3n) is 24.8. The van der Waals surface area contributed by atoms with Gasteiger partial charge in [0.25, 0.3) is 28.4 Å². The second-order valence-corrected chi connectivity index (χ2v) is 50.5. The van der Waals surface area contributed by atoms with Gasteiger partial charge in [0.1, 0.15) is 59.0 Å². The van der Waals surface area contributed by atoms with E-state index in [1.165, 1.54) is 112 Å². The monoisotopic (exact) mass is 2250 g/mol. The average molecular weight is 2250 g/mol. The molecule has 0 amide bonds. The molecule has 0 aromatic heterocycles. The van der Waals surface area contributed by atoms with Crippen molar-refractivity contribution in [3.8, 4) is 34.5 Å². The van der Waals surface area contributed by atoms with Gasteiger partial charge in [-0.05, 0) is 223 Å². The zero-order valence-corrected chi connectivity index (χ0v) is 93.0. The Kier molecular flexibility index (Phi) is 40.5. The summed E-state index contributed by atoms with van der Waals surface area (Å²) in [6, 6.07) is 46.3. The molecule has 5 heterocycles. The first kappa shape index (κ1) is 118. The van der Waals surface area contributed by atoms with Crippen LogP contribution in [0.25, 0.3) is 0 Å². The minimum absolute atomic E-state index is 0.00217. The van der Waals surface area contributed by atoms with Gasteiger partial charge in [-0.25, -0.2) is 42.1 Å². The molecule has 5 aliphatic heterocycles. The van der Waals surface area contributed by atoms with Gasteiger partial charge >= 0.3 is 0 Å². The van der Waals surface area contributed by atoms with Gasteiger partial charge in [-0.3, -0.25) is 65.3 Å². The number of hydrogen-bond acceptors (Lipinski definition) is 30. The van der Waals surface area contributed by atoms with E-state index >= 15 is 0 Å². The second kappa shape index (κ2) is 50.8. The number of aryl methyl sites for hydroxylation is 6. The first-order valence-corrected chi connectivity index (χ1v) is 57.5. The predicted molar refractivity (Wildman–Crippen MR) is 573 cm³/mol. The first-order chi connectivity index (χ1) is 69.4. The van der Waals surface area contributed by atoms with E-state index in [0.29, 0.717) is 138 Å². The topological polar surface area (TPSA) is 464 Å². The highest BCUT2D eigenvalue weighted by Gasteiger charge is 2.41. The van der Waals surface area contributed by atoms with Crippen molar-refractivity contribution in [3.63, 3.8) is 0 Å². The lowest BCUT2D eigenvalue weighted by Gasteiger charge is -2.36. The van der Waals surface area contributed by atoms with E-state index in [1.54, 1.807) is 24.3 Å². The van der Waals surface area contributed by atoms with Gasteiger partial charge in [0.2, 0.25) is 50.1 Å². The molecular formula is C99H119Cl4N15O23S7. The molecule has 0 radical (unpaired) electrons. The normalized spacial score (nSPS) is 17.8. The van der Waals surface area contributed by atoms with Gasteiger partial charge in [0, 0.05) is 243 Å². The molecule has 798 valence electrons. The van der Waals surface area contributed by atoms with Crippen LogP contribution in [0.3, 0.4) is 0 Å². The van der Waals surface area contributed by atoms with Crippen LogP contribution in [0.5, 0.6) is 34.5 Å². The quantitative estimate of drug-likeness (QED) is 0.0340. The first-order valence-electron chi connectivity index (χ1n) is 47.1. The van der Waals surface area contributed by atoms with Gasteiger partial charge in [-0.2, -0.15) is 21.5 Å². The number of nitro benzene ring substituents is 5. The van der Waals surface area contributed by atoms with Crippen molar-refractivity contribution in [2.45, 2.75) is 197 Å². The molecule has 0 spiro atoms. The molecule has 38 nitrogen and oxygen atoms in total. The summed E-state index contributed by atoms with van der Waals surface area (Å²) in [6.07, 6.45) is 0. The molecule has 10 aromatic rings. The Labute approximate surface area is 891 Å². The number of nitrogens with one attached hydrogen (secondary N) is 2. The Morgan fingerprint density at radius 3 is 0.892 bits per heavy atom. The Hall–Kier alpha value is -10.2. The van der Waals surface area contributed by atoms with Crippen molar-refractivity contribution >= 4 is 148 Å². The summed E-state index contributed by atoms with van der Waals surface area (Å²) >= 11 is 26.8. The fourth-order valence-corrected chi connectivity index (χ4v) is 28.3. The maximum Gasteiger partial charge on any atom is 0.271 e. The summed E-state index contributed by atoms with van der Waals surface area (Å²) in [4.78, 5) is 61.5. The Balaban J connectivity index is 0.000000176. The number of ether oxygens (including phenoxy) is 3. The van der Waals surface area contributed by atoms with Crippen molar-refractivity contribution in [2.24, 2.45) is 0 Å². The number of hydrogen-bond donors (Lipinski definition) is 2. The van der Waals surface area contributed by atoms with Crippen LogP contribution in [0, 0.1) is 92.1 Å². The average Bonchev–Trinajstić information content (AvgIpc) is 0.791. The molecular weight excluding hydrogens is 2130 g/mol. The van der Waals surface area contributed by atoms with E-state index < -0.39 is 74.7 Å². The van der Waals surface area contributed by atoms with Crippen molar-refractivity contribution in [3.05, 3.63) is 286 Å². The van der Waals surface area contributed by atoms with Gasteiger partial charge in [-0.1, -0.05) is 106 Å². The minimum Gasteiger partial charge on any atom is -0.456 e. The fourth-order valence-electron chi connectivity index (χ4n) is 16.7. The maximum atomic E-state index is 13.5. The van der Waals surface area contributed by atoms with Gasteiger partial charge < -0.3 is 24.8 Å². The highest BCUT2D eigenvalue weighted by molar-refractivity contribution is 8.00. The predicted octanol–water partition coefficient (Wildman–Crippen LogP) is 20.0. The number of nitro groups is 5. The molecule has 5 aliphatic rings. The van der Waals surface area contributed by atoms with Gasteiger partial charge in [0.15, 0.2) is 0 Å². The number of rotatable bonds is 28. The summed E-state index contributed by atoms with van der Waals surface area (Å²) in [6.45, 7) is 38.1. The number of non-ortho nitro benzene ring substituents is 5. The van der Waals surface area contributed by atoms with E-state index in [4.69, 9.17) is 60.6 Å². The van der Waals surface area contributed by atoms with E-state index in [-0.39, 0.29) is 131 Å². The van der Waals surface area contributed by atoms with Crippen molar-refractivity contribution in [2.75, 3.05) is 105 Å². The van der Waals surface area contributed by atoms with Gasteiger partial charge in [0.05, 0.1) is 34.7 Å². The molecule has 49 heteroatoms. The van der Waals surface area contributed by atoms with Crippen LogP contribution < -0.4 is 24.8 Å². The molecule has 4 unspecified atom stereocenters. The third-order valence-corrected chi connectivity index (χ3v) is 38.1. The summed E-state index contributed by atoms with van der Waals surface area (Å²) in [7, 11) is -19.8. The highest BCUT2D eigenvalue weighted by atomic mass is 35.5. The number of benzene rings is 10. The molecule has 148 heavy (non-hydrogen) atoms. The molecule has 2 N–H and O–H groups in total. The molecule has 0 bridgehead atoms. The molecule has 10 aromatic carbocycles. The largest absolute Gasteiger partial charge is 0.456 e. The molecule has 4 atom stereocenters. The molecule has 5 saturated heterocycles. The van der Waals surface area contributed by atoms with Crippen LogP contribution in [0.15, 0.2) is 226 Å². The second-order valence-electron chi connectivity index (χ2n) is 37.1. The minimum atomic E-state index is -4.04. The van der Waals surface area contributed by atoms with E-state index in [1.807, 2.05) is 138 Å². The SMILES string of the molecule is CC(C)N1CCN(S(=O)(=O)c2cc([N+](=O)[O-])ccc2Oc2cc(Cl)ccc2Cl)CC1.CC(C)N1CCN(S(=O)(=O)c2cc([N+](=O)[O-])ccc2Sc2cc(Cl)ccc2Cl)CC1.Cc1ccc(C)c(Oc2ccc([N+](=O)[O-])cc2S(=O)(=O)N2CC(C)NC(C)C2)c1.Cc1ccc(C)c(Oc2ccc([N+](=O)[O-])cc2S(=O)(=O)N2CCN(C(C)C)CC2)c1.Cc1ccc(C)c(Sc2ccc([N+](=O)[O-])cc2S(=O)(=O)N2CC(C)NC(C)C2)c1. The summed E-state index contributed by atoms with van der Waals surface area (Å²) in [5, 5.41) is 64.5. The van der Waals surface area contributed by atoms with E-state index in [2.05, 4.69) is 53.0 Å². The summed E-state index contributed by atoms with van der Waals surface area (Å²) < 4.78 is 159. The lowest BCUT2D eigenvalue weighted by atomic mass is 10.1. The number of piperazine rings is 5. The van der Waals surface area contributed by atoms with Crippen molar-refractivity contribution in [1.82, 2.24) is 46.9 Å². The van der Waals surface area contributed by atoms with Crippen LogP contribution in [-0.4, -0.2) is 250 Å². The van der Waals surface area contributed by atoms with Crippen LogP contribution in [0.4, 0.5) is 28.4 Å². The number of halogens is 4. The van der Waals surface area contributed by atoms with Crippen LogP contribution in [0.1, 0.15) is 103 Å². The molecule has 0 saturated carbocycles. The van der Waals surface area contributed by atoms with E-state index in [9.17, 15) is 92.7 Å². The number of sulfonamides is 5. The third kappa shape index (κ3) is 30.2. The number of nitrogens with zero attached hydrogens (tertiary/aromatic N) is 13. The fraction of sp³-hybridized carbons (Fsp3) is 0.394. The molecule has 15 rings (SSSR count). The standard InChI is InChI=1S/C21H27N3O5S.C20H25N3O5S.C20H25N3O4S2.C19H21Cl2N3O5S.C19H21Cl2N3O4S2/c1-15(2)22-9-11-23(12-10-22)30(27,28)21-14-18(24(25)26)7-8-19(21)29-20-13-16(3)5-6-17(20)4;2*1-13-5-6-14(2)19(9-13)28-18-8-7-17(23(24)25)10-20(18)29(26,27)22-11-15(3)21-16(4)12-22;2*1-13(2)22-7-9-23(10-8-22)30(27,28)19-12-15(24(25)26)4-6-17(19)29-18-11-14(20)3-5-16(18)21/h5-8,13-15H,9-12H2,1-4H3;2*5-10,15-16,21H,11-12H2,1-4H3;2*3-6,11-13H,7-10H2,1-2H3. The summed E-state index contributed by atoms with van der Waals surface area (Å²) in [5.74, 6) is 1.28. The smallest absolute Gasteiger partial charge is 0.271 e. The van der Waals surface area contributed by atoms with Crippen molar-refractivity contribution < 1.29 is 80.9 Å². The molecule has 5 fully saturated rings. The zero-order valence-electron chi connectivity index (χ0n) is 84.2. The van der Waals surface area contributed by atoms with Crippen LogP contribution in [-0.2, 0) is 50.1 Å². The van der Waals surface area contributed by atoms with Gasteiger partial charge in [-0.15, -0.1) is 0 Å². The zero-order chi connectivity index (χ0) is 109. The Morgan fingerprint density at radius 2 is 0.561 bits per heavy atom. The highest BCUT2D eigenvalue weighted by Crippen LogP contribution is 2.46. The lowest BCUT2D eigenvalue weighted by Crippen LogP contribution is -2.55.